The summed E-state index contributed by atoms with van der Waals surface area (Å²) in [5, 5.41) is 15.2. The molecule has 1 aromatic carbocycles. The summed E-state index contributed by atoms with van der Waals surface area (Å²) < 4.78 is 0. The Morgan fingerprint density at radius 3 is 1.83 bits per heavy atom. The second-order valence-electron chi connectivity index (χ2n) is 9.68. The fourth-order valence-corrected chi connectivity index (χ4v) is 5.06. The average molecular weight is 437 g/mol. The largest absolute Gasteiger partial charge is 0.507 e. The zero-order chi connectivity index (χ0) is 21.7. The Hall–Kier alpha value is -2.37. The number of aromatic nitrogens is 2. The summed E-state index contributed by atoms with van der Waals surface area (Å²) in [6.07, 6.45) is 0. The van der Waals surface area contributed by atoms with Crippen LogP contribution in [0.5, 0.6) is 5.75 Å². The van der Waals surface area contributed by atoms with E-state index in [2.05, 4.69) is 93.7 Å². The van der Waals surface area contributed by atoms with Gasteiger partial charge in [0.05, 0.1) is 15.4 Å². The quantitative estimate of drug-likeness (QED) is 0.344. The second-order valence-corrected chi connectivity index (χ2v) is 11.6. The lowest BCUT2D eigenvalue weighted by molar-refractivity contribution is 0.423. The predicted molar refractivity (Wildman–Crippen MR) is 130 cm³/mol. The number of phenols is 1. The van der Waals surface area contributed by atoms with E-state index in [1.807, 2.05) is 0 Å². The van der Waals surface area contributed by atoms with Crippen LogP contribution in [0.25, 0.3) is 32.5 Å². The molecular weight excluding hydrogens is 408 g/mol. The molecule has 30 heavy (non-hydrogen) atoms. The van der Waals surface area contributed by atoms with Gasteiger partial charge in [-0.05, 0) is 45.9 Å². The van der Waals surface area contributed by atoms with Crippen LogP contribution in [0.2, 0.25) is 0 Å². The van der Waals surface area contributed by atoms with Crippen molar-refractivity contribution in [3.63, 3.8) is 0 Å². The lowest BCUT2D eigenvalue weighted by Gasteiger charge is -2.28. The number of nitrogens with zero attached hydrogens (tertiary/aromatic N) is 1. The Bertz CT molecular complexity index is 1070. The molecule has 0 unspecified atom stereocenters. The number of H-pyrrole nitrogens is 1. The maximum Gasteiger partial charge on any atom is 0.138 e. The van der Waals surface area contributed by atoms with E-state index in [9.17, 15) is 5.11 Å². The molecule has 0 aliphatic carbocycles. The molecule has 0 amide bonds. The van der Waals surface area contributed by atoms with Crippen molar-refractivity contribution in [1.29, 1.82) is 0 Å². The van der Waals surface area contributed by atoms with Crippen molar-refractivity contribution in [3.8, 4) is 38.3 Å². The monoisotopic (exact) mass is 436 g/mol. The minimum Gasteiger partial charge on any atom is -0.507 e. The summed E-state index contributed by atoms with van der Waals surface area (Å²) in [6.45, 7) is 12.8. The van der Waals surface area contributed by atoms with Crippen LogP contribution in [0.15, 0.2) is 47.2 Å². The first-order valence-electron chi connectivity index (χ1n) is 10.1. The third kappa shape index (κ3) is 3.84. The SMILES string of the molecule is CC(C)(C)c1cc(-c2nc(-c3cccs3)c(-c3cccs3)[nH]2)cc(C(C)(C)C)c1O. The molecule has 0 saturated heterocycles. The molecule has 0 bridgehead atoms. The summed E-state index contributed by atoms with van der Waals surface area (Å²) in [4.78, 5) is 10.9. The van der Waals surface area contributed by atoms with Crippen LogP contribution in [-0.2, 0) is 10.8 Å². The van der Waals surface area contributed by atoms with Gasteiger partial charge in [0.25, 0.3) is 0 Å². The van der Waals surface area contributed by atoms with Crippen LogP contribution in [0.1, 0.15) is 52.7 Å². The average Bonchev–Trinajstić information content (AvgIpc) is 3.39. The second kappa shape index (κ2) is 7.40. The van der Waals surface area contributed by atoms with E-state index >= 15 is 0 Å². The minimum atomic E-state index is -0.181. The highest BCUT2D eigenvalue weighted by Crippen LogP contribution is 2.43. The molecule has 0 spiro atoms. The molecule has 156 valence electrons. The lowest BCUT2D eigenvalue weighted by Crippen LogP contribution is -2.17. The topological polar surface area (TPSA) is 48.9 Å². The van der Waals surface area contributed by atoms with Crippen molar-refractivity contribution in [3.05, 3.63) is 58.3 Å². The molecule has 0 radical (unpaired) electrons. The highest BCUT2D eigenvalue weighted by Gasteiger charge is 2.28. The van der Waals surface area contributed by atoms with Crippen LogP contribution >= 0.6 is 22.7 Å². The molecule has 0 saturated carbocycles. The van der Waals surface area contributed by atoms with Gasteiger partial charge in [-0.15, -0.1) is 22.7 Å². The number of hydrogen-bond acceptors (Lipinski definition) is 4. The van der Waals surface area contributed by atoms with E-state index in [-0.39, 0.29) is 10.8 Å². The zero-order valence-electron chi connectivity index (χ0n) is 18.3. The van der Waals surface area contributed by atoms with E-state index in [1.54, 1.807) is 22.7 Å². The first-order valence-corrected chi connectivity index (χ1v) is 11.9. The molecule has 0 aliphatic rings. The van der Waals surface area contributed by atoms with Gasteiger partial charge in [-0.25, -0.2) is 4.98 Å². The standard InChI is InChI=1S/C25H28N2OS2/c1-24(2,3)16-13-15(14-17(22(16)28)25(4,5)6)23-26-20(18-9-7-11-29-18)21(27-23)19-10-8-12-30-19/h7-14,28H,1-6H3,(H,26,27). The molecule has 2 N–H and O–H groups in total. The van der Waals surface area contributed by atoms with Gasteiger partial charge in [-0.3, -0.25) is 0 Å². The van der Waals surface area contributed by atoms with Gasteiger partial charge in [-0.1, -0.05) is 53.7 Å². The smallest absolute Gasteiger partial charge is 0.138 e. The molecule has 5 heteroatoms. The first-order chi connectivity index (χ1) is 14.1. The first kappa shape index (κ1) is 20.9. The van der Waals surface area contributed by atoms with Crippen molar-refractivity contribution in [2.45, 2.75) is 52.4 Å². The third-order valence-electron chi connectivity index (χ3n) is 5.23. The van der Waals surface area contributed by atoms with Gasteiger partial charge in [-0.2, -0.15) is 0 Å². The molecule has 4 aromatic rings. The fourth-order valence-electron chi connectivity index (χ4n) is 3.62. The molecule has 3 heterocycles. The Balaban J connectivity index is 1.96. The van der Waals surface area contributed by atoms with Crippen LogP contribution in [0.3, 0.4) is 0 Å². The third-order valence-corrected chi connectivity index (χ3v) is 6.99. The Labute approximate surface area is 186 Å². The number of rotatable bonds is 3. The van der Waals surface area contributed by atoms with E-state index in [4.69, 9.17) is 4.98 Å². The Kier molecular flexibility index (Phi) is 5.15. The number of thiophene rings is 2. The number of nitrogens with one attached hydrogen (secondary N) is 1. The highest BCUT2D eigenvalue weighted by molar-refractivity contribution is 7.14. The van der Waals surface area contributed by atoms with Crippen LogP contribution < -0.4 is 0 Å². The number of imidazole rings is 1. The molecule has 3 nitrogen and oxygen atoms in total. The number of aromatic amines is 1. The van der Waals surface area contributed by atoms with Gasteiger partial charge in [0.2, 0.25) is 0 Å². The van der Waals surface area contributed by atoms with Crippen LogP contribution in [0.4, 0.5) is 0 Å². The van der Waals surface area contributed by atoms with Crippen molar-refractivity contribution < 1.29 is 5.11 Å². The summed E-state index contributed by atoms with van der Waals surface area (Å²) in [5.74, 6) is 1.22. The molecule has 3 aromatic heterocycles. The summed E-state index contributed by atoms with van der Waals surface area (Å²) in [5.41, 5.74) is 4.55. The summed E-state index contributed by atoms with van der Waals surface area (Å²) in [6, 6.07) is 12.5. The predicted octanol–water partition coefficient (Wildman–Crippen LogP) is 7.83. The van der Waals surface area contributed by atoms with E-state index in [1.165, 1.54) is 4.88 Å². The van der Waals surface area contributed by atoms with E-state index < -0.39 is 0 Å². The van der Waals surface area contributed by atoms with Gasteiger partial charge < -0.3 is 10.1 Å². The van der Waals surface area contributed by atoms with Crippen LogP contribution in [-0.4, -0.2) is 15.1 Å². The molecular formula is C25H28N2OS2. The fraction of sp³-hybridized carbons (Fsp3) is 0.320. The molecule has 0 fully saturated rings. The number of aromatic hydroxyl groups is 1. The number of hydrogen-bond donors (Lipinski definition) is 2. The lowest BCUT2D eigenvalue weighted by atomic mass is 9.78. The van der Waals surface area contributed by atoms with Crippen molar-refractivity contribution in [2.24, 2.45) is 0 Å². The number of phenolic OH excluding ortho intramolecular Hbond substituents is 1. The molecule has 0 aliphatic heterocycles. The molecule has 0 atom stereocenters. The van der Waals surface area contributed by atoms with Gasteiger partial charge in [0.1, 0.15) is 17.3 Å². The minimum absolute atomic E-state index is 0.181. The Morgan fingerprint density at radius 2 is 1.37 bits per heavy atom. The normalized spacial score (nSPS) is 12.5. The maximum absolute atomic E-state index is 11.1. The van der Waals surface area contributed by atoms with E-state index in [0.717, 1.165) is 38.8 Å². The van der Waals surface area contributed by atoms with Crippen molar-refractivity contribution >= 4 is 22.7 Å². The van der Waals surface area contributed by atoms with Gasteiger partial charge >= 0.3 is 0 Å². The molecule has 4 rings (SSSR count). The van der Waals surface area contributed by atoms with Crippen LogP contribution in [0, 0.1) is 0 Å². The van der Waals surface area contributed by atoms with Gasteiger partial charge in [0, 0.05) is 16.7 Å². The Morgan fingerprint density at radius 1 is 0.833 bits per heavy atom. The number of benzene rings is 1. The van der Waals surface area contributed by atoms with Gasteiger partial charge in [0.15, 0.2) is 0 Å². The van der Waals surface area contributed by atoms with E-state index in [0.29, 0.717) is 5.75 Å². The summed E-state index contributed by atoms with van der Waals surface area (Å²) >= 11 is 3.40. The zero-order valence-corrected chi connectivity index (χ0v) is 20.0. The highest BCUT2D eigenvalue weighted by atomic mass is 32.1. The van der Waals surface area contributed by atoms with Crippen molar-refractivity contribution in [1.82, 2.24) is 9.97 Å². The summed E-state index contributed by atoms with van der Waals surface area (Å²) in [7, 11) is 0. The maximum atomic E-state index is 11.1. The van der Waals surface area contributed by atoms with Crippen molar-refractivity contribution in [2.75, 3.05) is 0 Å².